The largest absolute Gasteiger partial charge is 0.490 e. The third-order valence-electron chi connectivity index (χ3n) is 2.41. The Hall–Kier alpha value is -1.81. The van der Waals surface area contributed by atoms with Gasteiger partial charge in [0.25, 0.3) is 0 Å². The van der Waals surface area contributed by atoms with E-state index in [9.17, 15) is 4.79 Å². The molecule has 4 heteroatoms. The van der Waals surface area contributed by atoms with E-state index >= 15 is 0 Å². The predicted molar refractivity (Wildman–Crippen MR) is 76.4 cm³/mol. The van der Waals surface area contributed by atoms with E-state index < -0.39 is 0 Å². The molecule has 3 nitrogen and oxygen atoms in total. The summed E-state index contributed by atoms with van der Waals surface area (Å²) in [5, 5.41) is 0. The molecule has 0 aliphatic heterocycles. The van der Waals surface area contributed by atoms with Crippen molar-refractivity contribution in [3.05, 3.63) is 64.6 Å². The topological polar surface area (TPSA) is 35.5 Å². The van der Waals surface area contributed by atoms with Crippen LogP contribution < -0.4 is 4.74 Å². The van der Waals surface area contributed by atoms with Gasteiger partial charge in [-0.05, 0) is 36.4 Å². The highest BCUT2D eigenvalue weighted by molar-refractivity contribution is 9.10. The van der Waals surface area contributed by atoms with E-state index in [1.54, 1.807) is 24.3 Å². The molecule has 0 radical (unpaired) electrons. The first-order valence-corrected chi connectivity index (χ1v) is 6.65. The molecule has 0 unspecified atom stereocenters. The highest BCUT2D eigenvalue weighted by Gasteiger charge is 2.05. The maximum Gasteiger partial charge on any atom is 0.338 e. The second-order valence-corrected chi connectivity index (χ2v) is 4.72. The van der Waals surface area contributed by atoms with Crippen LogP contribution in [0.1, 0.15) is 10.4 Å². The number of halogens is 1. The lowest BCUT2D eigenvalue weighted by Crippen LogP contribution is -2.12. The SMILES string of the molecule is O=C(OCCOc1ccc(Br)cc1)c1ccccc1. The van der Waals surface area contributed by atoms with Crippen LogP contribution in [0.2, 0.25) is 0 Å². The third kappa shape index (κ3) is 4.41. The Labute approximate surface area is 120 Å². The summed E-state index contributed by atoms with van der Waals surface area (Å²) >= 11 is 3.35. The minimum absolute atomic E-state index is 0.226. The highest BCUT2D eigenvalue weighted by Crippen LogP contribution is 2.15. The van der Waals surface area contributed by atoms with Crippen molar-refractivity contribution in [2.45, 2.75) is 0 Å². The molecular formula is C15H13BrO3. The first kappa shape index (κ1) is 13.6. The normalized spacial score (nSPS) is 9.95. The van der Waals surface area contributed by atoms with Crippen LogP contribution >= 0.6 is 15.9 Å². The number of hydrogen-bond donors (Lipinski definition) is 0. The van der Waals surface area contributed by atoms with E-state index in [0.717, 1.165) is 10.2 Å². The van der Waals surface area contributed by atoms with Crippen LogP contribution in [0.25, 0.3) is 0 Å². The lowest BCUT2D eigenvalue weighted by Gasteiger charge is -2.07. The number of ether oxygens (including phenoxy) is 2. The average molecular weight is 321 g/mol. The molecule has 2 rings (SSSR count). The van der Waals surface area contributed by atoms with Crippen LogP contribution in [0, 0.1) is 0 Å². The summed E-state index contributed by atoms with van der Waals surface area (Å²) in [6.07, 6.45) is 0. The molecule has 0 N–H and O–H groups in total. The number of benzene rings is 2. The van der Waals surface area contributed by atoms with E-state index in [2.05, 4.69) is 15.9 Å². The standard InChI is InChI=1S/C15H13BrO3/c16-13-6-8-14(9-7-13)18-10-11-19-15(17)12-4-2-1-3-5-12/h1-9H,10-11H2. The summed E-state index contributed by atoms with van der Waals surface area (Å²) < 4.78 is 11.5. The second kappa shape index (κ2) is 6.95. The minimum Gasteiger partial charge on any atom is -0.490 e. The van der Waals surface area contributed by atoms with Gasteiger partial charge in [0.2, 0.25) is 0 Å². The van der Waals surface area contributed by atoms with Crippen LogP contribution in [0.3, 0.4) is 0 Å². The lowest BCUT2D eigenvalue weighted by molar-refractivity contribution is 0.0450. The molecule has 0 saturated carbocycles. The number of carbonyl (C=O) groups is 1. The van der Waals surface area contributed by atoms with Gasteiger partial charge in [-0.15, -0.1) is 0 Å². The van der Waals surface area contributed by atoms with E-state index in [-0.39, 0.29) is 12.6 Å². The molecule has 0 aliphatic carbocycles. The summed E-state index contributed by atoms with van der Waals surface area (Å²) in [5.74, 6) is 0.416. The third-order valence-corrected chi connectivity index (χ3v) is 2.94. The maximum atomic E-state index is 11.6. The van der Waals surface area contributed by atoms with Crippen molar-refractivity contribution >= 4 is 21.9 Å². The summed E-state index contributed by atoms with van der Waals surface area (Å²) in [6.45, 7) is 0.560. The van der Waals surface area contributed by atoms with Crippen molar-refractivity contribution in [2.75, 3.05) is 13.2 Å². The van der Waals surface area contributed by atoms with Gasteiger partial charge < -0.3 is 9.47 Å². The molecule has 19 heavy (non-hydrogen) atoms. The molecule has 0 aliphatic rings. The zero-order valence-corrected chi connectivity index (χ0v) is 11.8. The lowest BCUT2D eigenvalue weighted by atomic mass is 10.2. The molecule has 2 aromatic carbocycles. The van der Waals surface area contributed by atoms with Crippen LogP contribution in [-0.2, 0) is 4.74 Å². The summed E-state index contributed by atoms with van der Waals surface area (Å²) in [4.78, 5) is 11.6. The van der Waals surface area contributed by atoms with Gasteiger partial charge in [-0.25, -0.2) is 4.79 Å². The van der Waals surface area contributed by atoms with E-state index in [0.29, 0.717) is 12.2 Å². The molecule has 0 amide bonds. The molecule has 0 atom stereocenters. The Kier molecular flexibility index (Phi) is 4.98. The molecule has 0 heterocycles. The Morgan fingerprint density at radius 2 is 1.63 bits per heavy atom. The van der Waals surface area contributed by atoms with E-state index in [1.165, 1.54) is 0 Å². The fourth-order valence-corrected chi connectivity index (χ4v) is 1.75. The Morgan fingerprint density at radius 1 is 0.947 bits per heavy atom. The number of carbonyl (C=O) groups excluding carboxylic acids is 1. The van der Waals surface area contributed by atoms with Crippen molar-refractivity contribution in [3.63, 3.8) is 0 Å². The fourth-order valence-electron chi connectivity index (χ4n) is 1.48. The zero-order valence-electron chi connectivity index (χ0n) is 10.2. The highest BCUT2D eigenvalue weighted by atomic mass is 79.9. The number of rotatable bonds is 5. The van der Waals surface area contributed by atoms with Crippen molar-refractivity contribution in [1.82, 2.24) is 0 Å². The van der Waals surface area contributed by atoms with Crippen LogP contribution in [0.5, 0.6) is 5.75 Å². The van der Waals surface area contributed by atoms with Gasteiger partial charge in [0, 0.05) is 4.47 Å². The van der Waals surface area contributed by atoms with Gasteiger partial charge in [-0.2, -0.15) is 0 Å². The molecule has 0 spiro atoms. The molecule has 0 fully saturated rings. The van der Waals surface area contributed by atoms with Crippen molar-refractivity contribution in [3.8, 4) is 5.75 Å². The molecule has 2 aromatic rings. The van der Waals surface area contributed by atoms with Crippen LogP contribution in [0.15, 0.2) is 59.1 Å². The number of hydrogen-bond acceptors (Lipinski definition) is 3. The van der Waals surface area contributed by atoms with E-state index in [4.69, 9.17) is 9.47 Å². The zero-order chi connectivity index (χ0) is 13.5. The van der Waals surface area contributed by atoms with Gasteiger partial charge in [0.15, 0.2) is 0 Å². The monoisotopic (exact) mass is 320 g/mol. The Balaban J connectivity index is 1.72. The fraction of sp³-hybridized carbons (Fsp3) is 0.133. The van der Waals surface area contributed by atoms with Gasteiger partial charge in [-0.3, -0.25) is 0 Å². The average Bonchev–Trinajstić information content (AvgIpc) is 2.46. The number of esters is 1. The first-order chi connectivity index (χ1) is 9.25. The summed E-state index contributed by atoms with van der Waals surface area (Å²) in [7, 11) is 0. The molecule has 0 saturated heterocycles. The maximum absolute atomic E-state index is 11.6. The quantitative estimate of drug-likeness (QED) is 0.622. The van der Waals surface area contributed by atoms with Gasteiger partial charge >= 0.3 is 5.97 Å². The van der Waals surface area contributed by atoms with Crippen molar-refractivity contribution in [1.29, 1.82) is 0 Å². The van der Waals surface area contributed by atoms with Gasteiger partial charge in [-0.1, -0.05) is 34.1 Å². The molecule has 0 aromatic heterocycles. The molecule has 98 valence electrons. The predicted octanol–water partition coefficient (Wildman–Crippen LogP) is 3.68. The van der Waals surface area contributed by atoms with Crippen molar-refractivity contribution in [2.24, 2.45) is 0 Å². The second-order valence-electron chi connectivity index (χ2n) is 3.80. The minimum atomic E-state index is -0.333. The van der Waals surface area contributed by atoms with Crippen molar-refractivity contribution < 1.29 is 14.3 Å². The van der Waals surface area contributed by atoms with Gasteiger partial charge in [0.05, 0.1) is 5.56 Å². The van der Waals surface area contributed by atoms with E-state index in [1.807, 2.05) is 30.3 Å². The molecular weight excluding hydrogens is 308 g/mol. The Morgan fingerprint density at radius 3 is 2.32 bits per heavy atom. The first-order valence-electron chi connectivity index (χ1n) is 5.86. The van der Waals surface area contributed by atoms with Gasteiger partial charge in [0.1, 0.15) is 19.0 Å². The summed E-state index contributed by atoms with van der Waals surface area (Å²) in [6, 6.07) is 16.4. The smallest absolute Gasteiger partial charge is 0.338 e. The van der Waals surface area contributed by atoms with Crippen LogP contribution in [0.4, 0.5) is 0 Å². The summed E-state index contributed by atoms with van der Waals surface area (Å²) in [5.41, 5.74) is 0.547. The molecule has 0 bridgehead atoms. The van der Waals surface area contributed by atoms with Crippen LogP contribution in [-0.4, -0.2) is 19.2 Å². The Bertz CT molecular complexity index is 523.